The largest absolute Gasteiger partial charge is 0.360 e. The fraction of sp³-hybridized carbons (Fsp3) is 0.316. The highest BCUT2D eigenvalue weighted by Gasteiger charge is 2.08. The molecule has 0 spiro atoms. The molecule has 0 radical (unpaired) electrons. The number of unbranched alkanes of at least 4 members (excludes halogenated alkanes) is 2. The van der Waals surface area contributed by atoms with Crippen molar-refractivity contribution >= 4 is 17.6 Å². The molecule has 0 aliphatic carbocycles. The molecule has 0 aliphatic rings. The van der Waals surface area contributed by atoms with Gasteiger partial charge in [-0.2, -0.15) is 4.98 Å². The van der Waals surface area contributed by atoms with E-state index in [-0.39, 0.29) is 0 Å². The van der Waals surface area contributed by atoms with E-state index in [2.05, 4.69) is 32.7 Å². The van der Waals surface area contributed by atoms with Crippen molar-refractivity contribution in [1.29, 1.82) is 0 Å². The van der Waals surface area contributed by atoms with E-state index in [1.807, 2.05) is 49.4 Å². The van der Waals surface area contributed by atoms with E-state index in [0.29, 0.717) is 17.6 Å². The minimum absolute atomic E-state index is 0.611. The summed E-state index contributed by atoms with van der Waals surface area (Å²) in [5, 5.41) is 10.5. The SMILES string of the molecule is CCCCCNc1nc(Nc2cc(C)on2)cc(-c2ccccc2)n1. The Hall–Kier alpha value is -2.89. The highest BCUT2D eigenvalue weighted by molar-refractivity contribution is 5.66. The molecule has 0 saturated carbocycles. The minimum Gasteiger partial charge on any atom is -0.360 e. The number of aryl methyl sites for hydroxylation is 1. The van der Waals surface area contributed by atoms with Gasteiger partial charge in [0.2, 0.25) is 5.95 Å². The fourth-order valence-electron chi connectivity index (χ4n) is 2.48. The van der Waals surface area contributed by atoms with Crippen LogP contribution in [0.3, 0.4) is 0 Å². The van der Waals surface area contributed by atoms with Gasteiger partial charge in [0.1, 0.15) is 11.6 Å². The third kappa shape index (κ3) is 4.79. The normalized spacial score (nSPS) is 10.6. The molecule has 0 unspecified atom stereocenters. The zero-order valence-electron chi connectivity index (χ0n) is 14.6. The van der Waals surface area contributed by atoms with Gasteiger partial charge >= 0.3 is 0 Å². The number of benzene rings is 1. The standard InChI is InChI=1S/C19H23N5O/c1-3-4-8-11-20-19-21-16(15-9-6-5-7-10-15)13-17(23-19)22-18-12-14(2)25-24-18/h5-7,9-10,12-13H,3-4,8,11H2,1-2H3,(H2,20,21,22,23,24). The van der Waals surface area contributed by atoms with E-state index in [9.17, 15) is 0 Å². The third-order valence-corrected chi connectivity index (χ3v) is 3.74. The second-order valence-electron chi connectivity index (χ2n) is 5.91. The molecule has 6 nitrogen and oxygen atoms in total. The number of hydrogen-bond donors (Lipinski definition) is 2. The lowest BCUT2D eigenvalue weighted by molar-refractivity contribution is 0.400. The highest BCUT2D eigenvalue weighted by Crippen LogP contribution is 2.23. The van der Waals surface area contributed by atoms with E-state index in [4.69, 9.17) is 4.52 Å². The summed E-state index contributed by atoms with van der Waals surface area (Å²) in [6.07, 6.45) is 3.47. The molecule has 0 aliphatic heterocycles. The summed E-state index contributed by atoms with van der Waals surface area (Å²) in [4.78, 5) is 9.19. The molecule has 1 aromatic carbocycles. The van der Waals surface area contributed by atoms with Crippen LogP contribution in [-0.4, -0.2) is 21.7 Å². The van der Waals surface area contributed by atoms with Crippen LogP contribution in [0.5, 0.6) is 0 Å². The van der Waals surface area contributed by atoms with Crippen molar-refractivity contribution in [3.8, 4) is 11.3 Å². The van der Waals surface area contributed by atoms with Crippen LogP contribution in [0, 0.1) is 6.92 Å². The van der Waals surface area contributed by atoms with Crippen LogP contribution in [0.15, 0.2) is 47.0 Å². The Morgan fingerprint density at radius 3 is 2.56 bits per heavy atom. The molecule has 3 rings (SSSR count). The Balaban J connectivity index is 1.85. The summed E-state index contributed by atoms with van der Waals surface area (Å²) in [6, 6.07) is 13.8. The van der Waals surface area contributed by atoms with Crippen molar-refractivity contribution in [2.24, 2.45) is 0 Å². The first kappa shape index (κ1) is 17.0. The Bertz CT molecular complexity index is 801. The molecule has 3 aromatic rings. The summed E-state index contributed by atoms with van der Waals surface area (Å²) in [7, 11) is 0. The van der Waals surface area contributed by atoms with Crippen LogP contribution >= 0.6 is 0 Å². The zero-order valence-corrected chi connectivity index (χ0v) is 14.6. The van der Waals surface area contributed by atoms with Crippen molar-refractivity contribution < 1.29 is 4.52 Å². The average molecular weight is 337 g/mol. The summed E-state index contributed by atoms with van der Waals surface area (Å²) in [5.74, 6) is 2.67. The topological polar surface area (TPSA) is 75.9 Å². The van der Waals surface area contributed by atoms with Crippen molar-refractivity contribution in [2.75, 3.05) is 17.2 Å². The van der Waals surface area contributed by atoms with Gasteiger partial charge in [0.15, 0.2) is 5.82 Å². The smallest absolute Gasteiger partial charge is 0.225 e. The van der Waals surface area contributed by atoms with Gasteiger partial charge in [-0.05, 0) is 13.3 Å². The maximum atomic E-state index is 5.10. The van der Waals surface area contributed by atoms with Crippen LogP contribution in [0.2, 0.25) is 0 Å². The van der Waals surface area contributed by atoms with E-state index in [1.165, 1.54) is 12.8 Å². The molecule has 0 bridgehead atoms. The number of nitrogens with zero attached hydrogens (tertiary/aromatic N) is 3. The molecule has 2 heterocycles. The molecule has 0 fully saturated rings. The van der Waals surface area contributed by atoms with E-state index >= 15 is 0 Å². The monoisotopic (exact) mass is 337 g/mol. The predicted octanol–water partition coefficient (Wildman–Crippen LogP) is 4.79. The van der Waals surface area contributed by atoms with Crippen LogP contribution in [0.1, 0.15) is 31.9 Å². The summed E-state index contributed by atoms with van der Waals surface area (Å²) < 4.78 is 5.10. The van der Waals surface area contributed by atoms with Gasteiger partial charge < -0.3 is 15.2 Å². The van der Waals surface area contributed by atoms with Gasteiger partial charge in [-0.3, -0.25) is 0 Å². The molecule has 0 saturated heterocycles. The van der Waals surface area contributed by atoms with Crippen molar-refractivity contribution in [3.63, 3.8) is 0 Å². The first-order valence-electron chi connectivity index (χ1n) is 8.63. The van der Waals surface area contributed by atoms with Gasteiger partial charge in [0.05, 0.1) is 5.69 Å². The number of rotatable bonds is 8. The first-order valence-corrected chi connectivity index (χ1v) is 8.63. The van der Waals surface area contributed by atoms with Gasteiger partial charge in [0.25, 0.3) is 0 Å². The maximum absolute atomic E-state index is 5.10. The van der Waals surface area contributed by atoms with Crippen molar-refractivity contribution in [3.05, 3.63) is 48.2 Å². The summed E-state index contributed by atoms with van der Waals surface area (Å²) in [6.45, 7) is 4.90. The fourth-order valence-corrected chi connectivity index (χ4v) is 2.48. The number of hydrogen-bond acceptors (Lipinski definition) is 6. The van der Waals surface area contributed by atoms with Crippen LogP contribution in [-0.2, 0) is 0 Å². The maximum Gasteiger partial charge on any atom is 0.225 e. The predicted molar refractivity (Wildman–Crippen MR) is 100 cm³/mol. The molecule has 2 N–H and O–H groups in total. The van der Waals surface area contributed by atoms with Crippen molar-refractivity contribution in [1.82, 2.24) is 15.1 Å². The molecular weight excluding hydrogens is 314 g/mol. The number of aromatic nitrogens is 3. The lowest BCUT2D eigenvalue weighted by Gasteiger charge is -2.10. The molecule has 2 aromatic heterocycles. The van der Waals surface area contributed by atoms with Gasteiger partial charge in [-0.25, -0.2) is 4.98 Å². The molecule has 6 heteroatoms. The van der Waals surface area contributed by atoms with Crippen LogP contribution < -0.4 is 10.6 Å². The Kier molecular flexibility index (Phi) is 5.61. The Morgan fingerprint density at radius 1 is 1.00 bits per heavy atom. The Labute approximate surface area is 147 Å². The zero-order chi connectivity index (χ0) is 17.5. The minimum atomic E-state index is 0.611. The Morgan fingerprint density at radius 2 is 1.84 bits per heavy atom. The molecule has 0 atom stereocenters. The molecule has 25 heavy (non-hydrogen) atoms. The van der Waals surface area contributed by atoms with E-state index in [1.54, 1.807) is 0 Å². The second-order valence-corrected chi connectivity index (χ2v) is 5.91. The average Bonchev–Trinajstić information content (AvgIpc) is 3.04. The van der Waals surface area contributed by atoms with Crippen molar-refractivity contribution in [2.45, 2.75) is 33.1 Å². The summed E-state index contributed by atoms with van der Waals surface area (Å²) >= 11 is 0. The highest BCUT2D eigenvalue weighted by atomic mass is 16.5. The van der Waals surface area contributed by atoms with Crippen LogP contribution in [0.25, 0.3) is 11.3 Å². The van der Waals surface area contributed by atoms with Gasteiger partial charge in [-0.1, -0.05) is 55.3 Å². The second kappa shape index (κ2) is 8.28. The molecular formula is C19H23N5O. The molecule has 130 valence electrons. The quantitative estimate of drug-likeness (QED) is 0.576. The lowest BCUT2D eigenvalue weighted by Crippen LogP contribution is -2.07. The first-order chi connectivity index (χ1) is 12.2. The van der Waals surface area contributed by atoms with E-state index < -0.39 is 0 Å². The van der Waals surface area contributed by atoms with Gasteiger partial charge in [-0.15, -0.1) is 0 Å². The number of anilines is 3. The third-order valence-electron chi connectivity index (χ3n) is 3.74. The number of nitrogens with one attached hydrogen (secondary N) is 2. The van der Waals surface area contributed by atoms with Crippen LogP contribution in [0.4, 0.5) is 17.6 Å². The van der Waals surface area contributed by atoms with Gasteiger partial charge in [0, 0.05) is 24.2 Å². The molecule has 0 amide bonds. The van der Waals surface area contributed by atoms with E-state index in [0.717, 1.165) is 30.0 Å². The summed E-state index contributed by atoms with van der Waals surface area (Å²) in [5.41, 5.74) is 1.90. The lowest BCUT2D eigenvalue weighted by atomic mass is 10.1.